The Morgan fingerprint density at radius 1 is 1.13 bits per heavy atom. The fourth-order valence-corrected chi connectivity index (χ4v) is 4.23. The third kappa shape index (κ3) is 3.42. The molecule has 0 atom stereocenters. The number of hydrogen-bond acceptors (Lipinski definition) is 10. The summed E-state index contributed by atoms with van der Waals surface area (Å²) in [5.41, 5.74) is 0.349. The SMILES string of the molecule is COc1ccnc2c(=O)n(-c3nc4ccc(Oc5cccnc5Cl)nc4s3)c(=S)oc12. The molecule has 5 aromatic rings. The van der Waals surface area contributed by atoms with Gasteiger partial charge in [0.25, 0.3) is 10.4 Å². The van der Waals surface area contributed by atoms with Gasteiger partial charge in [-0.05, 0) is 30.4 Å². The number of pyridine rings is 3. The number of methoxy groups -OCH3 is 1. The molecule has 0 radical (unpaired) electrons. The van der Waals surface area contributed by atoms with Crippen LogP contribution in [0.1, 0.15) is 0 Å². The number of halogens is 1. The average molecular weight is 472 g/mol. The van der Waals surface area contributed by atoms with Gasteiger partial charge in [0.05, 0.1) is 7.11 Å². The van der Waals surface area contributed by atoms with Gasteiger partial charge in [0, 0.05) is 24.5 Å². The predicted octanol–water partition coefficient (Wildman–Crippen LogP) is 4.56. The molecule has 0 saturated heterocycles. The smallest absolute Gasteiger partial charge is 0.290 e. The van der Waals surface area contributed by atoms with Crippen molar-refractivity contribution in [2.75, 3.05) is 7.11 Å². The zero-order valence-corrected chi connectivity index (χ0v) is 18.0. The van der Waals surface area contributed by atoms with Crippen molar-refractivity contribution in [3.05, 3.63) is 63.1 Å². The van der Waals surface area contributed by atoms with E-state index in [0.717, 1.165) is 11.3 Å². The van der Waals surface area contributed by atoms with Crippen LogP contribution in [-0.2, 0) is 0 Å². The van der Waals surface area contributed by atoms with Gasteiger partial charge in [-0.1, -0.05) is 22.9 Å². The van der Waals surface area contributed by atoms with Crippen LogP contribution in [0.2, 0.25) is 5.15 Å². The number of aromatic nitrogens is 5. The van der Waals surface area contributed by atoms with Gasteiger partial charge < -0.3 is 13.9 Å². The number of rotatable bonds is 4. The summed E-state index contributed by atoms with van der Waals surface area (Å²) in [5.74, 6) is 1.04. The molecule has 0 saturated carbocycles. The van der Waals surface area contributed by atoms with Crippen LogP contribution < -0.4 is 15.0 Å². The van der Waals surface area contributed by atoms with Crippen LogP contribution in [0.4, 0.5) is 0 Å². The van der Waals surface area contributed by atoms with E-state index in [1.165, 1.54) is 17.9 Å². The number of ether oxygens (including phenoxy) is 2. The molecule has 9 nitrogen and oxygen atoms in total. The predicted molar refractivity (Wildman–Crippen MR) is 117 cm³/mol. The summed E-state index contributed by atoms with van der Waals surface area (Å²) in [6.07, 6.45) is 3.02. The van der Waals surface area contributed by atoms with Crippen molar-refractivity contribution in [3.63, 3.8) is 0 Å². The van der Waals surface area contributed by atoms with Crippen LogP contribution in [0, 0.1) is 4.84 Å². The van der Waals surface area contributed by atoms with Crippen LogP contribution in [0.5, 0.6) is 17.4 Å². The Labute approximate surface area is 187 Å². The van der Waals surface area contributed by atoms with Crippen molar-refractivity contribution >= 4 is 56.6 Å². The number of fused-ring (bicyclic) bond motifs is 2. The van der Waals surface area contributed by atoms with Crippen molar-refractivity contribution in [3.8, 4) is 22.5 Å². The minimum atomic E-state index is -0.470. The van der Waals surface area contributed by atoms with Gasteiger partial charge in [0.15, 0.2) is 22.2 Å². The molecule has 5 heterocycles. The monoisotopic (exact) mass is 471 g/mol. The first kappa shape index (κ1) is 19.5. The van der Waals surface area contributed by atoms with Crippen LogP contribution in [0.3, 0.4) is 0 Å². The Balaban J connectivity index is 1.61. The molecule has 0 aliphatic heterocycles. The quantitative estimate of drug-likeness (QED) is 0.275. The molecule has 0 unspecified atom stereocenters. The van der Waals surface area contributed by atoms with Gasteiger partial charge in [0.1, 0.15) is 10.3 Å². The van der Waals surface area contributed by atoms with E-state index >= 15 is 0 Å². The lowest BCUT2D eigenvalue weighted by Gasteiger charge is -2.05. The first-order valence-corrected chi connectivity index (χ1v) is 10.3. The molecule has 5 rings (SSSR count). The van der Waals surface area contributed by atoms with Crippen LogP contribution >= 0.6 is 35.2 Å². The maximum Gasteiger partial charge on any atom is 0.290 e. The summed E-state index contributed by atoms with van der Waals surface area (Å²) in [6, 6.07) is 8.33. The number of thiazole rings is 1. The molecule has 5 aromatic heterocycles. The summed E-state index contributed by atoms with van der Waals surface area (Å²) >= 11 is 12.5. The van der Waals surface area contributed by atoms with Crippen molar-refractivity contribution < 1.29 is 13.9 Å². The van der Waals surface area contributed by atoms with E-state index in [1.54, 1.807) is 36.5 Å². The van der Waals surface area contributed by atoms with Crippen molar-refractivity contribution in [2.24, 2.45) is 0 Å². The first-order valence-electron chi connectivity index (χ1n) is 8.70. The molecule has 0 bridgehead atoms. The second kappa shape index (κ2) is 7.69. The van der Waals surface area contributed by atoms with E-state index in [4.69, 9.17) is 37.7 Å². The van der Waals surface area contributed by atoms with Gasteiger partial charge in [-0.3, -0.25) is 4.79 Å². The fourth-order valence-electron chi connectivity index (χ4n) is 2.83. The maximum absolute atomic E-state index is 13.1. The molecule has 31 heavy (non-hydrogen) atoms. The van der Waals surface area contributed by atoms with Crippen molar-refractivity contribution in [1.29, 1.82) is 0 Å². The van der Waals surface area contributed by atoms with E-state index in [-0.39, 0.29) is 21.1 Å². The molecule has 12 heteroatoms. The number of hydrogen-bond donors (Lipinski definition) is 0. The van der Waals surface area contributed by atoms with Crippen LogP contribution in [0.25, 0.3) is 26.6 Å². The average Bonchev–Trinajstić information content (AvgIpc) is 3.18. The molecule has 0 N–H and O–H groups in total. The lowest BCUT2D eigenvalue weighted by Crippen LogP contribution is -2.20. The molecule has 0 aliphatic rings. The molecule has 154 valence electrons. The van der Waals surface area contributed by atoms with Gasteiger partial charge in [-0.25, -0.2) is 24.5 Å². The standard InChI is InChI=1S/C19H10ClN5O4S2/c1-27-10-6-8-21-13-14(10)29-19(30)25(17(13)26)18-23-9-4-5-12(24-16(9)31-18)28-11-3-2-7-22-15(11)20/h2-8H,1H3. The van der Waals surface area contributed by atoms with Crippen molar-refractivity contribution in [1.82, 2.24) is 24.5 Å². The summed E-state index contributed by atoms with van der Waals surface area (Å²) in [4.78, 5) is 30.5. The zero-order valence-electron chi connectivity index (χ0n) is 15.6. The lowest BCUT2D eigenvalue weighted by atomic mass is 10.3. The second-order valence-corrected chi connectivity index (χ2v) is 7.73. The molecule has 0 aromatic carbocycles. The van der Waals surface area contributed by atoms with Crippen molar-refractivity contribution in [2.45, 2.75) is 0 Å². The highest BCUT2D eigenvalue weighted by molar-refractivity contribution is 7.71. The van der Waals surface area contributed by atoms with Gasteiger partial charge in [-0.15, -0.1) is 0 Å². The molecule has 0 aliphatic carbocycles. The summed E-state index contributed by atoms with van der Waals surface area (Å²) in [5, 5.41) is 0.515. The highest BCUT2D eigenvalue weighted by Gasteiger charge is 2.17. The Morgan fingerprint density at radius 2 is 2.00 bits per heavy atom. The Bertz CT molecular complexity index is 1580. The molecule has 0 spiro atoms. The van der Waals surface area contributed by atoms with Crippen LogP contribution in [0.15, 0.2) is 51.9 Å². The van der Waals surface area contributed by atoms with E-state index in [1.807, 2.05) is 0 Å². The highest BCUT2D eigenvalue weighted by Crippen LogP contribution is 2.30. The van der Waals surface area contributed by atoms with Gasteiger partial charge in [-0.2, -0.15) is 0 Å². The number of nitrogens with zero attached hydrogens (tertiary/aromatic N) is 5. The minimum Gasteiger partial charge on any atom is -0.493 e. The summed E-state index contributed by atoms with van der Waals surface area (Å²) in [7, 11) is 1.47. The molecular formula is C19H10ClN5O4S2. The molecule has 0 fully saturated rings. The van der Waals surface area contributed by atoms with E-state index in [9.17, 15) is 4.79 Å². The largest absolute Gasteiger partial charge is 0.493 e. The van der Waals surface area contributed by atoms with E-state index in [2.05, 4.69) is 19.9 Å². The first-order chi connectivity index (χ1) is 15.0. The molecular weight excluding hydrogens is 462 g/mol. The third-order valence-corrected chi connectivity index (χ3v) is 5.72. The lowest BCUT2D eigenvalue weighted by molar-refractivity contribution is 0.404. The third-order valence-electron chi connectivity index (χ3n) is 4.22. The van der Waals surface area contributed by atoms with Gasteiger partial charge in [0.2, 0.25) is 16.6 Å². The van der Waals surface area contributed by atoms with Crippen LogP contribution in [-0.4, -0.2) is 31.6 Å². The van der Waals surface area contributed by atoms with Gasteiger partial charge >= 0.3 is 0 Å². The molecule has 0 amide bonds. The van der Waals surface area contributed by atoms with E-state index in [0.29, 0.717) is 32.9 Å². The normalized spacial score (nSPS) is 11.2. The highest BCUT2D eigenvalue weighted by atomic mass is 35.5. The second-order valence-electron chi connectivity index (χ2n) is 6.06. The topological polar surface area (TPSA) is 105 Å². The summed E-state index contributed by atoms with van der Waals surface area (Å²) in [6.45, 7) is 0. The van der Waals surface area contributed by atoms with E-state index < -0.39 is 5.56 Å². The fraction of sp³-hybridized carbons (Fsp3) is 0.0526. The Morgan fingerprint density at radius 3 is 2.81 bits per heavy atom. The Hall–Kier alpha value is -3.41. The Kier molecular flexibility index (Phi) is 4.85. The summed E-state index contributed by atoms with van der Waals surface area (Å²) < 4.78 is 17.8. The maximum atomic E-state index is 13.1. The zero-order chi connectivity index (χ0) is 21.5. The minimum absolute atomic E-state index is 0.0791.